The molecule has 1 saturated heterocycles. The van der Waals surface area contributed by atoms with Crippen LogP contribution >= 0.6 is 11.6 Å². The average Bonchev–Trinajstić information content (AvgIpc) is 3.24. The number of piperazine rings is 1. The molecule has 3 aromatic rings. The minimum absolute atomic E-state index is 0.0297. The molecule has 30 heavy (non-hydrogen) atoms. The normalized spacial score (nSPS) is 14.7. The van der Waals surface area contributed by atoms with Gasteiger partial charge in [0.25, 0.3) is 5.91 Å². The number of methoxy groups -OCH3 is 1. The van der Waals surface area contributed by atoms with E-state index in [-0.39, 0.29) is 5.91 Å². The Balaban J connectivity index is 1.73. The zero-order valence-corrected chi connectivity index (χ0v) is 18.0. The number of halogens is 1. The first kappa shape index (κ1) is 20.4. The maximum atomic E-state index is 13.4. The number of hydrogen-bond donors (Lipinski definition) is 0. The minimum Gasteiger partial charge on any atom is -0.497 e. The molecule has 0 atom stereocenters. The van der Waals surface area contributed by atoms with Gasteiger partial charge in [0.2, 0.25) is 0 Å². The van der Waals surface area contributed by atoms with Crippen LogP contribution < -0.4 is 4.74 Å². The number of para-hydroxylation sites is 1. The summed E-state index contributed by atoms with van der Waals surface area (Å²) in [4.78, 5) is 17.7. The highest BCUT2D eigenvalue weighted by molar-refractivity contribution is 6.32. The van der Waals surface area contributed by atoms with Crippen LogP contribution in [0.25, 0.3) is 16.9 Å². The molecule has 7 heteroatoms. The topological polar surface area (TPSA) is 50.6 Å². The Morgan fingerprint density at radius 1 is 1.07 bits per heavy atom. The maximum absolute atomic E-state index is 13.4. The summed E-state index contributed by atoms with van der Waals surface area (Å²) < 4.78 is 6.91. The van der Waals surface area contributed by atoms with Gasteiger partial charge >= 0.3 is 0 Å². The predicted octanol–water partition coefficient (Wildman–Crippen LogP) is 3.98. The SMILES string of the molecule is CCN1CCN(C(=O)c2cc(-c3ccc(OC)cc3)nn2-c2ccccc2Cl)CC1. The number of hydrogen-bond acceptors (Lipinski definition) is 4. The van der Waals surface area contributed by atoms with E-state index in [9.17, 15) is 4.79 Å². The number of ether oxygens (including phenoxy) is 1. The molecule has 1 aliphatic heterocycles. The van der Waals surface area contributed by atoms with Crippen LogP contribution in [0.2, 0.25) is 5.02 Å². The van der Waals surface area contributed by atoms with Gasteiger partial charge in [-0.2, -0.15) is 5.10 Å². The molecule has 0 unspecified atom stereocenters. The van der Waals surface area contributed by atoms with Crippen molar-refractivity contribution in [3.8, 4) is 22.7 Å². The van der Waals surface area contributed by atoms with Crippen LogP contribution in [0.5, 0.6) is 5.75 Å². The molecule has 2 aromatic carbocycles. The van der Waals surface area contributed by atoms with Crippen molar-refractivity contribution in [2.24, 2.45) is 0 Å². The summed E-state index contributed by atoms with van der Waals surface area (Å²) in [6.07, 6.45) is 0. The van der Waals surface area contributed by atoms with Gasteiger partial charge in [-0.3, -0.25) is 4.79 Å². The van der Waals surface area contributed by atoms with Gasteiger partial charge in [0.15, 0.2) is 0 Å². The standard InChI is InChI=1S/C23H25ClN4O2/c1-3-26-12-14-27(15-13-26)23(29)22-16-20(17-8-10-18(30-2)11-9-17)25-28(22)21-7-5-4-6-19(21)24/h4-11,16H,3,12-15H2,1-2H3. The van der Waals surface area contributed by atoms with Crippen molar-refractivity contribution in [2.45, 2.75) is 6.92 Å². The summed E-state index contributed by atoms with van der Waals surface area (Å²) in [5.41, 5.74) is 2.83. The third-order valence-electron chi connectivity index (χ3n) is 5.50. The van der Waals surface area contributed by atoms with E-state index < -0.39 is 0 Å². The van der Waals surface area contributed by atoms with Crippen LogP contribution in [0.15, 0.2) is 54.6 Å². The van der Waals surface area contributed by atoms with E-state index in [2.05, 4.69) is 11.8 Å². The molecule has 0 aliphatic carbocycles. The Hall–Kier alpha value is -2.83. The van der Waals surface area contributed by atoms with Gasteiger partial charge in [0, 0.05) is 31.7 Å². The molecule has 156 valence electrons. The third-order valence-corrected chi connectivity index (χ3v) is 5.82. The lowest BCUT2D eigenvalue weighted by molar-refractivity contribution is 0.0634. The van der Waals surface area contributed by atoms with Gasteiger partial charge in [-0.1, -0.05) is 30.7 Å². The monoisotopic (exact) mass is 424 g/mol. The number of carbonyl (C=O) groups excluding carboxylic acids is 1. The molecule has 0 radical (unpaired) electrons. The van der Waals surface area contributed by atoms with Crippen molar-refractivity contribution in [1.29, 1.82) is 0 Å². The fourth-order valence-electron chi connectivity index (χ4n) is 3.67. The molecule has 0 bridgehead atoms. The van der Waals surface area contributed by atoms with Gasteiger partial charge in [-0.25, -0.2) is 4.68 Å². The summed E-state index contributed by atoms with van der Waals surface area (Å²) >= 11 is 6.45. The summed E-state index contributed by atoms with van der Waals surface area (Å²) in [6.45, 7) is 6.32. The Morgan fingerprint density at radius 2 is 1.77 bits per heavy atom. The summed E-state index contributed by atoms with van der Waals surface area (Å²) in [6, 6.07) is 16.9. The van der Waals surface area contributed by atoms with Crippen molar-refractivity contribution in [3.05, 3.63) is 65.3 Å². The van der Waals surface area contributed by atoms with E-state index in [0.29, 0.717) is 35.2 Å². The average molecular weight is 425 g/mol. The van der Waals surface area contributed by atoms with Gasteiger partial charge in [0.1, 0.15) is 11.4 Å². The van der Waals surface area contributed by atoms with Gasteiger partial charge in [-0.15, -0.1) is 0 Å². The molecule has 4 rings (SSSR count). The van der Waals surface area contributed by atoms with Crippen molar-refractivity contribution in [1.82, 2.24) is 19.6 Å². The van der Waals surface area contributed by atoms with Gasteiger partial charge in [-0.05, 0) is 49.0 Å². The van der Waals surface area contributed by atoms with Crippen LogP contribution in [-0.2, 0) is 0 Å². The van der Waals surface area contributed by atoms with Crippen LogP contribution in [0.4, 0.5) is 0 Å². The fourth-order valence-corrected chi connectivity index (χ4v) is 3.89. The zero-order valence-electron chi connectivity index (χ0n) is 17.2. The van der Waals surface area contributed by atoms with Crippen molar-refractivity contribution < 1.29 is 9.53 Å². The molecule has 1 aliphatic rings. The van der Waals surface area contributed by atoms with E-state index in [1.807, 2.05) is 53.4 Å². The lowest BCUT2D eigenvalue weighted by Gasteiger charge is -2.34. The molecule has 0 saturated carbocycles. The molecule has 1 fully saturated rings. The van der Waals surface area contributed by atoms with Crippen LogP contribution in [0.3, 0.4) is 0 Å². The van der Waals surface area contributed by atoms with E-state index in [1.54, 1.807) is 17.9 Å². The van der Waals surface area contributed by atoms with E-state index in [4.69, 9.17) is 21.4 Å². The highest BCUT2D eigenvalue weighted by atomic mass is 35.5. The molecular weight excluding hydrogens is 400 g/mol. The molecular formula is C23H25ClN4O2. The number of amides is 1. The first-order valence-corrected chi connectivity index (χ1v) is 10.5. The quantitative estimate of drug-likeness (QED) is 0.621. The molecule has 1 aromatic heterocycles. The number of benzene rings is 2. The highest BCUT2D eigenvalue weighted by Gasteiger charge is 2.26. The lowest BCUT2D eigenvalue weighted by Crippen LogP contribution is -2.48. The molecule has 6 nitrogen and oxygen atoms in total. The Labute approximate surface area is 181 Å². The second-order valence-corrected chi connectivity index (χ2v) is 7.64. The maximum Gasteiger partial charge on any atom is 0.272 e. The molecule has 0 spiro atoms. The van der Waals surface area contributed by atoms with Crippen LogP contribution in [0.1, 0.15) is 17.4 Å². The van der Waals surface area contributed by atoms with E-state index in [0.717, 1.165) is 30.9 Å². The number of aromatic nitrogens is 2. The van der Waals surface area contributed by atoms with Crippen molar-refractivity contribution in [2.75, 3.05) is 39.8 Å². The molecule has 1 amide bonds. The van der Waals surface area contributed by atoms with Crippen molar-refractivity contribution in [3.63, 3.8) is 0 Å². The number of likely N-dealkylation sites (N-methyl/N-ethyl adjacent to an activating group) is 1. The summed E-state index contributed by atoms with van der Waals surface area (Å²) in [7, 11) is 1.64. The molecule has 0 N–H and O–H groups in total. The van der Waals surface area contributed by atoms with Crippen LogP contribution in [-0.4, -0.2) is 65.3 Å². The van der Waals surface area contributed by atoms with E-state index >= 15 is 0 Å². The Bertz CT molecular complexity index is 1020. The first-order chi connectivity index (χ1) is 14.6. The third kappa shape index (κ3) is 4.06. The number of rotatable bonds is 5. The van der Waals surface area contributed by atoms with E-state index in [1.165, 1.54) is 0 Å². The van der Waals surface area contributed by atoms with Gasteiger partial charge in [0.05, 0.1) is 23.5 Å². The summed E-state index contributed by atoms with van der Waals surface area (Å²) in [5.74, 6) is 0.743. The fraction of sp³-hybridized carbons (Fsp3) is 0.304. The number of carbonyl (C=O) groups is 1. The second-order valence-electron chi connectivity index (χ2n) is 7.23. The second kappa shape index (κ2) is 8.90. The highest BCUT2D eigenvalue weighted by Crippen LogP contribution is 2.27. The lowest BCUT2D eigenvalue weighted by atomic mass is 10.1. The van der Waals surface area contributed by atoms with Crippen LogP contribution in [0, 0.1) is 0 Å². The summed E-state index contributed by atoms with van der Waals surface area (Å²) in [5, 5.41) is 5.30. The smallest absolute Gasteiger partial charge is 0.272 e. The predicted molar refractivity (Wildman–Crippen MR) is 119 cm³/mol. The zero-order chi connectivity index (χ0) is 21.1. The molecule has 2 heterocycles. The number of nitrogens with zero attached hydrogens (tertiary/aromatic N) is 4. The Kier molecular flexibility index (Phi) is 6.06. The Morgan fingerprint density at radius 3 is 2.40 bits per heavy atom. The van der Waals surface area contributed by atoms with Gasteiger partial charge < -0.3 is 14.5 Å². The minimum atomic E-state index is -0.0297. The van der Waals surface area contributed by atoms with Crippen molar-refractivity contribution >= 4 is 17.5 Å². The largest absolute Gasteiger partial charge is 0.497 e. The first-order valence-electron chi connectivity index (χ1n) is 10.1.